The van der Waals surface area contributed by atoms with Crippen LogP contribution in [0.5, 0.6) is 5.75 Å². The summed E-state index contributed by atoms with van der Waals surface area (Å²) in [6.45, 7) is -0.113. The van der Waals surface area contributed by atoms with Crippen LogP contribution in [0.15, 0.2) is 102 Å². The normalized spacial score (nSPS) is 11.4. The fraction of sp³-hybridized carbons (Fsp3) is 0.107. The first kappa shape index (κ1) is 28.0. The predicted octanol–water partition coefficient (Wildman–Crippen LogP) is 7.06. The van der Waals surface area contributed by atoms with E-state index in [1.54, 1.807) is 42.5 Å². The zero-order valence-corrected chi connectivity index (χ0v) is 23.1. The third kappa shape index (κ3) is 7.49. The number of carbonyl (C=O) groups is 1. The highest BCUT2D eigenvalue weighted by Gasteiger charge is 2.27. The fourth-order valence-electron chi connectivity index (χ4n) is 3.56. The highest BCUT2D eigenvalue weighted by Crippen LogP contribution is 2.26. The second-order valence-electron chi connectivity index (χ2n) is 8.32. The number of nitrogens with one attached hydrogen (secondary N) is 1. The van der Waals surface area contributed by atoms with E-state index in [1.165, 1.54) is 24.3 Å². The Morgan fingerprint density at radius 1 is 0.789 bits per heavy atom. The molecule has 0 aliphatic carbocycles. The minimum Gasteiger partial charge on any atom is -0.489 e. The Balaban J connectivity index is 1.47. The zero-order valence-electron chi connectivity index (χ0n) is 20.0. The van der Waals surface area contributed by atoms with E-state index in [-0.39, 0.29) is 16.5 Å². The van der Waals surface area contributed by atoms with Crippen LogP contribution in [0.25, 0.3) is 0 Å². The molecule has 38 heavy (non-hydrogen) atoms. The number of benzene rings is 4. The number of amides is 1. The second kappa shape index (κ2) is 12.7. The van der Waals surface area contributed by atoms with Gasteiger partial charge >= 0.3 is 0 Å². The Morgan fingerprint density at radius 3 is 2.13 bits per heavy atom. The van der Waals surface area contributed by atoms with Crippen LogP contribution in [-0.4, -0.2) is 25.2 Å². The summed E-state index contributed by atoms with van der Waals surface area (Å²) >= 11 is 18.1. The van der Waals surface area contributed by atoms with Gasteiger partial charge in [0.2, 0.25) is 15.9 Å². The molecule has 0 atom stereocenters. The average molecular weight is 590 g/mol. The maximum absolute atomic E-state index is 13.4. The van der Waals surface area contributed by atoms with Crippen LogP contribution in [-0.2, 0) is 28.0 Å². The summed E-state index contributed by atoms with van der Waals surface area (Å²) in [7, 11) is -4.05. The third-order valence-electron chi connectivity index (χ3n) is 5.50. The molecule has 4 rings (SSSR count). The zero-order chi connectivity index (χ0) is 27.1. The van der Waals surface area contributed by atoms with E-state index >= 15 is 0 Å². The Morgan fingerprint density at radius 2 is 1.47 bits per heavy atom. The Bertz CT molecular complexity index is 1500. The van der Waals surface area contributed by atoms with Crippen molar-refractivity contribution < 1.29 is 17.9 Å². The molecule has 0 fully saturated rings. The van der Waals surface area contributed by atoms with E-state index in [2.05, 4.69) is 5.32 Å². The number of hydrogen-bond acceptors (Lipinski definition) is 4. The molecule has 0 saturated heterocycles. The molecule has 0 aliphatic rings. The molecule has 4 aromatic carbocycles. The molecule has 0 heterocycles. The lowest BCUT2D eigenvalue weighted by Gasteiger charge is -2.22. The van der Waals surface area contributed by atoms with Crippen molar-refractivity contribution >= 4 is 56.4 Å². The summed E-state index contributed by atoms with van der Waals surface area (Å²) in [6.07, 6.45) is 0. The molecule has 0 unspecified atom stereocenters. The lowest BCUT2D eigenvalue weighted by atomic mass is 10.2. The number of sulfonamides is 1. The van der Waals surface area contributed by atoms with E-state index < -0.39 is 22.5 Å². The molecule has 6 nitrogen and oxygen atoms in total. The topological polar surface area (TPSA) is 75.7 Å². The SMILES string of the molecule is O=C(CN(Cc1ccc(Cl)c(Cl)c1)S(=O)(=O)c1ccc(Cl)cc1)Nc1ccc(OCc2ccccc2)cc1. The van der Waals surface area contributed by atoms with Crippen molar-refractivity contribution in [1.29, 1.82) is 0 Å². The number of rotatable bonds is 10. The van der Waals surface area contributed by atoms with Crippen LogP contribution in [0.4, 0.5) is 5.69 Å². The van der Waals surface area contributed by atoms with Crippen LogP contribution in [0.1, 0.15) is 11.1 Å². The van der Waals surface area contributed by atoms with Crippen molar-refractivity contribution in [2.24, 2.45) is 0 Å². The number of anilines is 1. The smallest absolute Gasteiger partial charge is 0.243 e. The van der Waals surface area contributed by atoms with Crippen molar-refractivity contribution in [1.82, 2.24) is 4.31 Å². The van der Waals surface area contributed by atoms with Gasteiger partial charge < -0.3 is 10.1 Å². The molecule has 0 saturated carbocycles. The summed E-state index contributed by atoms with van der Waals surface area (Å²) in [6, 6.07) is 27.2. The number of ether oxygens (including phenoxy) is 1. The number of nitrogens with zero attached hydrogens (tertiary/aromatic N) is 1. The maximum Gasteiger partial charge on any atom is 0.243 e. The molecule has 4 aromatic rings. The van der Waals surface area contributed by atoms with Gasteiger partial charge in [0.15, 0.2) is 0 Å². The van der Waals surface area contributed by atoms with E-state index in [0.29, 0.717) is 33.7 Å². The van der Waals surface area contributed by atoms with Crippen molar-refractivity contribution in [3.05, 3.63) is 123 Å². The van der Waals surface area contributed by atoms with Gasteiger partial charge in [-0.15, -0.1) is 0 Å². The van der Waals surface area contributed by atoms with Gasteiger partial charge in [-0.25, -0.2) is 8.42 Å². The van der Waals surface area contributed by atoms with Gasteiger partial charge in [-0.2, -0.15) is 4.31 Å². The number of hydrogen-bond donors (Lipinski definition) is 1. The van der Waals surface area contributed by atoms with Gasteiger partial charge in [-0.1, -0.05) is 71.2 Å². The minimum atomic E-state index is -4.05. The largest absolute Gasteiger partial charge is 0.489 e. The third-order valence-corrected chi connectivity index (χ3v) is 8.30. The summed E-state index contributed by atoms with van der Waals surface area (Å²) in [5.74, 6) is 0.124. The van der Waals surface area contributed by atoms with E-state index in [0.717, 1.165) is 9.87 Å². The quantitative estimate of drug-likeness (QED) is 0.215. The van der Waals surface area contributed by atoms with Gasteiger partial charge in [0.05, 0.1) is 21.5 Å². The van der Waals surface area contributed by atoms with Crippen LogP contribution in [0, 0.1) is 0 Å². The Labute approximate surface area is 236 Å². The summed E-state index contributed by atoms with van der Waals surface area (Å²) in [5.41, 5.74) is 2.11. The Kier molecular flexibility index (Phi) is 9.31. The van der Waals surface area contributed by atoms with Crippen molar-refractivity contribution in [2.45, 2.75) is 18.0 Å². The van der Waals surface area contributed by atoms with Gasteiger partial charge in [0.1, 0.15) is 12.4 Å². The molecule has 1 amide bonds. The van der Waals surface area contributed by atoms with Crippen LogP contribution >= 0.6 is 34.8 Å². The highest BCUT2D eigenvalue weighted by molar-refractivity contribution is 7.89. The van der Waals surface area contributed by atoms with Crippen molar-refractivity contribution in [3.63, 3.8) is 0 Å². The van der Waals surface area contributed by atoms with Gasteiger partial charge in [-0.3, -0.25) is 4.79 Å². The van der Waals surface area contributed by atoms with Gasteiger partial charge in [-0.05, 0) is 71.8 Å². The molecule has 0 aliphatic heterocycles. The first-order valence-electron chi connectivity index (χ1n) is 11.5. The monoisotopic (exact) mass is 588 g/mol. The molecule has 0 radical (unpaired) electrons. The first-order chi connectivity index (χ1) is 18.2. The number of carbonyl (C=O) groups excluding carboxylic acids is 1. The molecule has 10 heteroatoms. The standard InChI is InChI=1S/C28H23Cl3N2O4S/c29-22-7-13-25(14-8-22)38(35,36)33(17-21-6-15-26(30)27(31)16-21)18-28(34)32-23-9-11-24(12-10-23)37-19-20-4-2-1-3-5-20/h1-16H,17-19H2,(H,32,34). The summed E-state index contributed by atoms with van der Waals surface area (Å²) in [4.78, 5) is 13.0. The lowest BCUT2D eigenvalue weighted by Crippen LogP contribution is -2.37. The van der Waals surface area contributed by atoms with Crippen molar-refractivity contribution in [3.8, 4) is 5.75 Å². The van der Waals surface area contributed by atoms with E-state index in [4.69, 9.17) is 39.5 Å². The van der Waals surface area contributed by atoms with Crippen LogP contribution in [0.2, 0.25) is 15.1 Å². The average Bonchev–Trinajstić information content (AvgIpc) is 2.91. The Hall–Kier alpha value is -3.07. The van der Waals surface area contributed by atoms with Gasteiger partial charge in [0.25, 0.3) is 0 Å². The summed E-state index contributed by atoms with van der Waals surface area (Å²) in [5, 5.41) is 3.77. The molecule has 0 aromatic heterocycles. The maximum atomic E-state index is 13.4. The molecular formula is C28H23Cl3N2O4S. The van der Waals surface area contributed by atoms with Gasteiger partial charge in [0, 0.05) is 17.3 Å². The molecular weight excluding hydrogens is 567 g/mol. The first-order valence-corrected chi connectivity index (χ1v) is 14.0. The molecule has 1 N–H and O–H groups in total. The highest BCUT2D eigenvalue weighted by atomic mass is 35.5. The lowest BCUT2D eigenvalue weighted by molar-refractivity contribution is -0.116. The van der Waals surface area contributed by atoms with Crippen LogP contribution in [0.3, 0.4) is 0 Å². The molecule has 196 valence electrons. The molecule has 0 bridgehead atoms. The predicted molar refractivity (Wildman–Crippen MR) is 151 cm³/mol. The van der Waals surface area contributed by atoms with E-state index in [9.17, 15) is 13.2 Å². The number of halogens is 3. The van der Waals surface area contributed by atoms with E-state index in [1.807, 2.05) is 30.3 Å². The molecule has 0 spiro atoms. The second-order valence-corrected chi connectivity index (χ2v) is 11.5. The van der Waals surface area contributed by atoms with Crippen molar-refractivity contribution in [2.75, 3.05) is 11.9 Å². The minimum absolute atomic E-state index is 0.00896. The summed E-state index contributed by atoms with van der Waals surface area (Å²) < 4.78 is 33.7. The van der Waals surface area contributed by atoms with Crippen LogP contribution < -0.4 is 10.1 Å². The fourth-order valence-corrected chi connectivity index (χ4v) is 5.39.